The quantitative estimate of drug-likeness (QED) is 0.887. The summed E-state index contributed by atoms with van der Waals surface area (Å²) in [6.45, 7) is 3.18. The van der Waals surface area contributed by atoms with E-state index in [1.165, 1.54) is 24.8 Å². The Labute approximate surface area is 121 Å². The Kier molecular flexibility index (Phi) is 5.41. The summed E-state index contributed by atoms with van der Waals surface area (Å²) in [6.07, 6.45) is 5.91. The first kappa shape index (κ1) is 14.9. The molecule has 0 aliphatic heterocycles. The molecule has 4 nitrogen and oxygen atoms in total. The average molecular weight is 275 g/mol. The molecular weight excluding hydrogens is 250 g/mol. The lowest BCUT2D eigenvalue weighted by atomic mass is 9.94. The summed E-state index contributed by atoms with van der Waals surface area (Å²) in [4.78, 5) is 14.4. The molecule has 1 aliphatic rings. The molecule has 110 valence electrons. The largest absolute Gasteiger partial charge is 0.329 e. The van der Waals surface area contributed by atoms with Gasteiger partial charge in [0.05, 0.1) is 0 Å². The molecule has 2 rings (SSSR count). The molecule has 1 saturated carbocycles. The van der Waals surface area contributed by atoms with Crippen LogP contribution in [0.2, 0.25) is 0 Å². The highest BCUT2D eigenvalue weighted by atomic mass is 16.2. The van der Waals surface area contributed by atoms with Gasteiger partial charge in [-0.25, -0.2) is 4.79 Å². The number of hydrogen-bond donors (Lipinski definition) is 2. The second-order valence-corrected chi connectivity index (χ2v) is 5.57. The summed E-state index contributed by atoms with van der Waals surface area (Å²) >= 11 is 0. The van der Waals surface area contributed by atoms with E-state index in [0.29, 0.717) is 19.1 Å². The summed E-state index contributed by atoms with van der Waals surface area (Å²) in [5, 5.41) is 2.98. The van der Waals surface area contributed by atoms with Gasteiger partial charge >= 0.3 is 6.03 Å². The molecule has 0 bridgehead atoms. The maximum absolute atomic E-state index is 12.4. The van der Waals surface area contributed by atoms with Crippen molar-refractivity contribution in [2.45, 2.75) is 45.1 Å². The molecule has 0 aromatic heterocycles. The van der Waals surface area contributed by atoms with Crippen molar-refractivity contribution >= 4 is 11.7 Å². The minimum absolute atomic E-state index is 0.0220. The molecule has 0 atom stereocenters. The minimum Gasteiger partial charge on any atom is -0.329 e. The van der Waals surface area contributed by atoms with E-state index < -0.39 is 0 Å². The zero-order valence-corrected chi connectivity index (χ0v) is 12.3. The van der Waals surface area contributed by atoms with Gasteiger partial charge in [0.15, 0.2) is 0 Å². The van der Waals surface area contributed by atoms with E-state index in [2.05, 4.69) is 5.32 Å². The smallest absolute Gasteiger partial charge is 0.322 e. The van der Waals surface area contributed by atoms with E-state index in [-0.39, 0.29) is 6.03 Å². The fourth-order valence-electron chi connectivity index (χ4n) is 2.81. The highest BCUT2D eigenvalue weighted by molar-refractivity contribution is 5.89. The zero-order valence-electron chi connectivity index (χ0n) is 12.3. The Bertz CT molecular complexity index is 424. The average Bonchev–Trinajstić information content (AvgIpc) is 2.48. The lowest BCUT2D eigenvalue weighted by molar-refractivity contribution is 0.169. The minimum atomic E-state index is -0.0220. The van der Waals surface area contributed by atoms with Gasteiger partial charge in [-0.1, -0.05) is 37.0 Å². The third kappa shape index (κ3) is 3.97. The van der Waals surface area contributed by atoms with Crippen LogP contribution in [0.5, 0.6) is 0 Å². The van der Waals surface area contributed by atoms with Crippen LogP contribution >= 0.6 is 0 Å². The normalized spacial score (nSPS) is 15.9. The Morgan fingerprint density at radius 1 is 1.25 bits per heavy atom. The van der Waals surface area contributed by atoms with Crippen molar-refractivity contribution in [1.82, 2.24) is 4.90 Å². The molecule has 0 spiro atoms. The highest BCUT2D eigenvalue weighted by Gasteiger charge is 2.24. The standard InChI is InChI=1S/C16H25N3O/c1-13-7-9-14(10-8-13)18-16(20)19(12-11-17)15-5-3-2-4-6-15/h7-10,15H,2-6,11-12,17H2,1H3,(H,18,20). The van der Waals surface area contributed by atoms with Crippen molar-refractivity contribution in [3.8, 4) is 0 Å². The van der Waals surface area contributed by atoms with Crippen molar-refractivity contribution in [2.75, 3.05) is 18.4 Å². The van der Waals surface area contributed by atoms with Crippen molar-refractivity contribution in [3.05, 3.63) is 29.8 Å². The van der Waals surface area contributed by atoms with E-state index in [9.17, 15) is 4.79 Å². The van der Waals surface area contributed by atoms with E-state index in [4.69, 9.17) is 5.73 Å². The third-order valence-electron chi connectivity index (χ3n) is 3.95. The Morgan fingerprint density at radius 3 is 2.50 bits per heavy atom. The summed E-state index contributed by atoms with van der Waals surface area (Å²) in [5.41, 5.74) is 7.70. The zero-order chi connectivity index (χ0) is 14.4. The molecule has 0 unspecified atom stereocenters. The number of nitrogens with two attached hydrogens (primary N) is 1. The van der Waals surface area contributed by atoms with Crippen LogP contribution in [0.15, 0.2) is 24.3 Å². The van der Waals surface area contributed by atoms with Crippen LogP contribution in [0.1, 0.15) is 37.7 Å². The van der Waals surface area contributed by atoms with Crippen LogP contribution in [0.4, 0.5) is 10.5 Å². The highest BCUT2D eigenvalue weighted by Crippen LogP contribution is 2.23. The summed E-state index contributed by atoms with van der Waals surface area (Å²) in [7, 11) is 0. The Hall–Kier alpha value is -1.55. The summed E-state index contributed by atoms with van der Waals surface area (Å²) < 4.78 is 0. The molecule has 1 aromatic carbocycles. The number of aryl methyl sites for hydroxylation is 1. The predicted octanol–water partition coefficient (Wildman–Crippen LogP) is 3.12. The van der Waals surface area contributed by atoms with Gasteiger partial charge in [-0.05, 0) is 31.9 Å². The molecule has 1 aliphatic carbocycles. The number of hydrogen-bond acceptors (Lipinski definition) is 2. The predicted molar refractivity (Wildman–Crippen MR) is 82.8 cm³/mol. The molecule has 0 heterocycles. The monoisotopic (exact) mass is 275 g/mol. The van der Waals surface area contributed by atoms with Gasteiger partial charge in [0.1, 0.15) is 0 Å². The maximum atomic E-state index is 12.4. The van der Waals surface area contributed by atoms with E-state index in [1.54, 1.807) is 0 Å². The van der Waals surface area contributed by atoms with Crippen LogP contribution < -0.4 is 11.1 Å². The van der Waals surface area contributed by atoms with Gasteiger partial charge < -0.3 is 16.0 Å². The lowest BCUT2D eigenvalue weighted by Gasteiger charge is -2.34. The molecule has 1 aromatic rings. The number of rotatable bonds is 4. The van der Waals surface area contributed by atoms with Crippen molar-refractivity contribution in [1.29, 1.82) is 0 Å². The number of urea groups is 1. The van der Waals surface area contributed by atoms with Crippen LogP contribution in [0.3, 0.4) is 0 Å². The van der Waals surface area contributed by atoms with Gasteiger partial charge in [-0.15, -0.1) is 0 Å². The molecule has 1 fully saturated rings. The van der Waals surface area contributed by atoms with Gasteiger partial charge in [0.25, 0.3) is 0 Å². The van der Waals surface area contributed by atoms with Gasteiger partial charge in [-0.3, -0.25) is 0 Å². The van der Waals surface area contributed by atoms with E-state index in [1.807, 2.05) is 36.1 Å². The number of amides is 2. The Balaban J connectivity index is 2.00. The molecule has 0 saturated heterocycles. The van der Waals surface area contributed by atoms with E-state index >= 15 is 0 Å². The summed E-state index contributed by atoms with van der Waals surface area (Å²) in [5.74, 6) is 0. The van der Waals surface area contributed by atoms with Gasteiger partial charge in [0, 0.05) is 24.8 Å². The van der Waals surface area contributed by atoms with Crippen molar-refractivity contribution in [3.63, 3.8) is 0 Å². The molecule has 20 heavy (non-hydrogen) atoms. The first-order valence-electron chi connectivity index (χ1n) is 7.55. The number of carbonyl (C=O) groups excluding carboxylic acids is 1. The summed E-state index contributed by atoms with van der Waals surface area (Å²) in [6, 6.07) is 8.21. The van der Waals surface area contributed by atoms with Crippen molar-refractivity contribution in [2.24, 2.45) is 5.73 Å². The lowest BCUT2D eigenvalue weighted by Crippen LogP contribution is -2.46. The molecule has 3 N–H and O–H groups in total. The molecule has 4 heteroatoms. The number of carbonyl (C=O) groups is 1. The SMILES string of the molecule is Cc1ccc(NC(=O)N(CCN)C2CCCCC2)cc1. The second kappa shape index (κ2) is 7.29. The number of benzene rings is 1. The van der Waals surface area contributed by atoms with Gasteiger partial charge in [-0.2, -0.15) is 0 Å². The van der Waals surface area contributed by atoms with Crippen molar-refractivity contribution < 1.29 is 4.79 Å². The Morgan fingerprint density at radius 2 is 1.90 bits per heavy atom. The molecule has 2 amide bonds. The topological polar surface area (TPSA) is 58.4 Å². The van der Waals surface area contributed by atoms with Crippen LogP contribution in [0, 0.1) is 6.92 Å². The fourth-order valence-corrected chi connectivity index (χ4v) is 2.81. The molecule has 0 radical (unpaired) electrons. The number of anilines is 1. The first-order chi connectivity index (χ1) is 9.70. The van der Waals surface area contributed by atoms with Crippen LogP contribution in [0.25, 0.3) is 0 Å². The first-order valence-corrected chi connectivity index (χ1v) is 7.55. The van der Waals surface area contributed by atoms with Crippen LogP contribution in [-0.2, 0) is 0 Å². The number of nitrogens with one attached hydrogen (secondary N) is 1. The number of nitrogens with zero attached hydrogens (tertiary/aromatic N) is 1. The van der Waals surface area contributed by atoms with Gasteiger partial charge in [0.2, 0.25) is 0 Å². The maximum Gasteiger partial charge on any atom is 0.322 e. The third-order valence-corrected chi connectivity index (χ3v) is 3.95. The molecular formula is C16H25N3O. The van der Waals surface area contributed by atoms with E-state index in [0.717, 1.165) is 18.5 Å². The fraction of sp³-hybridized carbons (Fsp3) is 0.562. The van der Waals surface area contributed by atoms with Crippen LogP contribution in [-0.4, -0.2) is 30.1 Å². The second-order valence-electron chi connectivity index (χ2n) is 5.57.